The van der Waals surface area contributed by atoms with Gasteiger partial charge in [0.25, 0.3) is 0 Å². The summed E-state index contributed by atoms with van der Waals surface area (Å²) in [5, 5.41) is 20.1. The summed E-state index contributed by atoms with van der Waals surface area (Å²) in [7, 11) is 0. The van der Waals surface area contributed by atoms with Gasteiger partial charge in [-0.3, -0.25) is 0 Å². The van der Waals surface area contributed by atoms with E-state index in [1.807, 2.05) is 13.0 Å². The smallest absolute Gasteiger partial charge is 0.161 e. The molecule has 0 amide bonds. The number of ether oxygens (including phenoxy) is 3. The molecule has 2 aliphatic heterocycles. The molecule has 6 atom stereocenters. The summed E-state index contributed by atoms with van der Waals surface area (Å²) in [4.78, 5) is 0. The van der Waals surface area contributed by atoms with Crippen molar-refractivity contribution in [2.45, 2.75) is 69.9 Å². The normalized spacial score (nSPS) is 43.4. The predicted octanol–water partition coefficient (Wildman–Crippen LogP) is 0.983. The minimum Gasteiger partial charge on any atom is -0.388 e. The van der Waals surface area contributed by atoms with E-state index in [4.69, 9.17) is 14.2 Å². The fourth-order valence-corrected chi connectivity index (χ4v) is 2.57. The number of fused-ring (bicyclic) bond motifs is 1. The van der Waals surface area contributed by atoms with Crippen LogP contribution in [0.4, 0.5) is 0 Å². The number of aliphatic hydroxyl groups is 2. The van der Waals surface area contributed by atoms with Crippen molar-refractivity contribution in [3.05, 3.63) is 12.2 Å². The number of rotatable bonds is 4. The lowest BCUT2D eigenvalue weighted by Gasteiger charge is -2.46. The molecule has 0 aromatic heterocycles. The first-order valence-electron chi connectivity index (χ1n) is 7.11. The molecule has 110 valence electrons. The van der Waals surface area contributed by atoms with Gasteiger partial charge < -0.3 is 24.4 Å². The van der Waals surface area contributed by atoms with Crippen LogP contribution in [0, 0.1) is 0 Å². The Kier molecular flexibility index (Phi) is 5.36. The Hall–Kier alpha value is -0.460. The molecule has 5 nitrogen and oxygen atoms in total. The van der Waals surface area contributed by atoms with E-state index in [0.29, 0.717) is 19.4 Å². The lowest BCUT2D eigenvalue weighted by atomic mass is 9.93. The molecule has 2 heterocycles. The van der Waals surface area contributed by atoms with Crippen molar-refractivity contribution in [2.75, 3.05) is 6.61 Å². The third-order valence-electron chi connectivity index (χ3n) is 3.67. The van der Waals surface area contributed by atoms with E-state index >= 15 is 0 Å². The van der Waals surface area contributed by atoms with Gasteiger partial charge in [0.2, 0.25) is 0 Å². The van der Waals surface area contributed by atoms with Crippen LogP contribution in [0.2, 0.25) is 0 Å². The topological polar surface area (TPSA) is 68.2 Å². The van der Waals surface area contributed by atoms with Crippen molar-refractivity contribution in [2.24, 2.45) is 0 Å². The zero-order valence-electron chi connectivity index (χ0n) is 11.6. The van der Waals surface area contributed by atoms with Crippen LogP contribution in [-0.4, -0.2) is 53.6 Å². The molecular formula is C14H24O5. The summed E-state index contributed by atoms with van der Waals surface area (Å²) >= 11 is 0. The lowest BCUT2D eigenvalue weighted by molar-refractivity contribution is -0.324. The second-order valence-electron chi connectivity index (χ2n) is 5.08. The molecule has 6 unspecified atom stereocenters. The highest BCUT2D eigenvalue weighted by Crippen LogP contribution is 2.30. The van der Waals surface area contributed by atoms with Crippen molar-refractivity contribution in [1.29, 1.82) is 0 Å². The SMILES string of the molecule is CC/C=C\CC1OCC2OC(CC)C(O)C(O)C2O1. The fraction of sp³-hybridized carbons (Fsp3) is 0.857. The van der Waals surface area contributed by atoms with Crippen molar-refractivity contribution in [1.82, 2.24) is 0 Å². The summed E-state index contributed by atoms with van der Waals surface area (Å²) < 4.78 is 17.0. The molecular weight excluding hydrogens is 248 g/mol. The number of hydrogen-bond donors (Lipinski definition) is 2. The first-order chi connectivity index (χ1) is 9.17. The molecule has 5 heteroatoms. The van der Waals surface area contributed by atoms with Crippen LogP contribution in [0.5, 0.6) is 0 Å². The van der Waals surface area contributed by atoms with Crippen LogP contribution in [-0.2, 0) is 14.2 Å². The molecule has 0 bridgehead atoms. The molecule has 2 rings (SSSR count). The molecule has 2 aliphatic rings. The van der Waals surface area contributed by atoms with Gasteiger partial charge in [-0.1, -0.05) is 26.0 Å². The summed E-state index contributed by atoms with van der Waals surface area (Å²) in [6, 6.07) is 0. The third kappa shape index (κ3) is 3.35. The quantitative estimate of drug-likeness (QED) is 0.747. The molecule has 2 saturated heterocycles. The Morgan fingerprint density at radius 1 is 1.11 bits per heavy atom. The molecule has 19 heavy (non-hydrogen) atoms. The van der Waals surface area contributed by atoms with Crippen LogP contribution >= 0.6 is 0 Å². The van der Waals surface area contributed by atoms with Crippen molar-refractivity contribution >= 4 is 0 Å². The molecule has 0 aliphatic carbocycles. The van der Waals surface area contributed by atoms with E-state index in [1.165, 1.54) is 0 Å². The Morgan fingerprint density at radius 2 is 1.89 bits per heavy atom. The lowest BCUT2D eigenvalue weighted by Crippen LogP contribution is -2.62. The van der Waals surface area contributed by atoms with Crippen molar-refractivity contribution in [3.63, 3.8) is 0 Å². The maximum Gasteiger partial charge on any atom is 0.161 e. The van der Waals surface area contributed by atoms with Crippen LogP contribution in [0.1, 0.15) is 33.1 Å². The molecule has 0 aromatic carbocycles. The molecule has 0 radical (unpaired) electrons. The monoisotopic (exact) mass is 272 g/mol. The highest BCUT2D eigenvalue weighted by molar-refractivity contribution is 4.95. The first-order valence-corrected chi connectivity index (χ1v) is 7.11. The predicted molar refractivity (Wildman–Crippen MR) is 69.6 cm³/mol. The first kappa shape index (κ1) is 14.9. The van der Waals surface area contributed by atoms with Gasteiger partial charge in [0, 0.05) is 6.42 Å². The van der Waals surface area contributed by atoms with Gasteiger partial charge >= 0.3 is 0 Å². The average Bonchev–Trinajstić information content (AvgIpc) is 2.43. The molecule has 2 N–H and O–H groups in total. The van der Waals surface area contributed by atoms with E-state index in [2.05, 4.69) is 13.0 Å². The number of aliphatic hydroxyl groups excluding tert-OH is 2. The van der Waals surface area contributed by atoms with Gasteiger partial charge in [-0.05, 0) is 12.8 Å². The Labute approximate surface area is 114 Å². The van der Waals surface area contributed by atoms with E-state index in [0.717, 1.165) is 6.42 Å². The van der Waals surface area contributed by atoms with Crippen molar-refractivity contribution in [3.8, 4) is 0 Å². The number of allylic oxidation sites excluding steroid dienone is 1. The Bertz CT molecular complexity index is 304. The van der Waals surface area contributed by atoms with Gasteiger partial charge in [0.1, 0.15) is 24.4 Å². The van der Waals surface area contributed by atoms with E-state index < -0.39 is 18.3 Å². The Morgan fingerprint density at radius 3 is 2.58 bits per heavy atom. The minimum absolute atomic E-state index is 0.297. The van der Waals surface area contributed by atoms with Gasteiger partial charge in [0.15, 0.2) is 6.29 Å². The highest BCUT2D eigenvalue weighted by atomic mass is 16.7. The Balaban J connectivity index is 1.94. The summed E-state index contributed by atoms with van der Waals surface area (Å²) in [5.74, 6) is 0. The maximum absolute atomic E-state index is 10.1. The largest absolute Gasteiger partial charge is 0.388 e. The zero-order chi connectivity index (χ0) is 13.8. The number of hydrogen-bond acceptors (Lipinski definition) is 5. The molecule has 0 saturated carbocycles. The summed E-state index contributed by atoms with van der Waals surface area (Å²) in [6.07, 6.45) is 3.01. The molecule has 0 spiro atoms. The van der Waals surface area contributed by atoms with Crippen LogP contribution in [0.3, 0.4) is 0 Å². The highest BCUT2D eigenvalue weighted by Gasteiger charge is 2.47. The third-order valence-corrected chi connectivity index (χ3v) is 3.67. The minimum atomic E-state index is -0.912. The van der Waals surface area contributed by atoms with Crippen molar-refractivity contribution < 1.29 is 24.4 Å². The molecule has 0 aromatic rings. The van der Waals surface area contributed by atoms with Gasteiger partial charge in [0.05, 0.1) is 12.7 Å². The van der Waals surface area contributed by atoms with Gasteiger partial charge in [-0.2, -0.15) is 0 Å². The zero-order valence-corrected chi connectivity index (χ0v) is 11.6. The second-order valence-corrected chi connectivity index (χ2v) is 5.08. The fourth-order valence-electron chi connectivity index (χ4n) is 2.57. The summed E-state index contributed by atoms with van der Waals surface area (Å²) in [5.41, 5.74) is 0. The standard InChI is InChI=1S/C14H24O5/c1-3-5-6-7-11-17-8-10-14(19-11)13(16)12(15)9(4-2)18-10/h5-6,9-16H,3-4,7-8H2,1-2H3/b6-5-. The summed E-state index contributed by atoms with van der Waals surface area (Å²) in [6.45, 7) is 4.38. The van der Waals surface area contributed by atoms with E-state index in [9.17, 15) is 10.2 Å². The maximum atomic E-state index is 10.1. The second kappa shape index (κ2) is 6.81. The van der Waals surface area contributed by atoms with Gasteiger partial charge in [-0.25, -0.2) is 0 Å². The van der Waals surface area contributed by atoms with Crippen LogP contribution in [0.15, 0.2) is 12.2 Å². The van der Waals surface area contributed by atoms with Crippen LogP contribution in [0.25, 0.3) is 0 Å². The van der Waals surface area contributed by atoms with E-state index in [1.54, 1.807) is 0 Å². The molecule has 2 fully saturated rings. The van der Waals surface area contributed by atoms with Gasteiger partial charge in [-0.15, -0.1) is 0 Å². The van der Waals surface area contributed by atoms with E-state index in [-0.39, 0.29) is 18.5 Å². The average molecular weight is 272 g/mol. The van der Waals surface area contributed by atoms with Crippen LogP contribution < -0.4 is 0 Å².